The summed E-state index contributed by atoms with van der Waals surface area (Å²) in [5.74, 6) is -0.381. The summed E-state index contributed by atoms with van der Waals surface area (Å²) in [4.78, 5) is 4.22. The first-order valence-electron chi connectivity index (χ1n) is 6.41. The molecule has 3 nitrogen and oxygen atoms in total. The molecule has 0 amide bonds. The highest BCUT2D eigenvalue weighted by Gasteiger charge is 2.19. The zero-order valence-corrected chi connectivity index (χ0v) is 11.2. The zero-order chi connectivity index (χ0) is 13.2. The van der Waals surface area contributed by atoms with E-state index >= 15 is 0 Å². The molecule has 0 saturated carbocycles. The molecule has 1 aliphatic heterocycles. The van der Waals surface area contributed by atoms with Crippen LogP contribution >= 0.6 is 11.6 Å². The molecular formula is C14H15ClFN3. The Labute approximate surface area is 116 Å². The van der Waals surface area contributed by atoms with Crippen molar-refractivity contribution in [3.05, 3.63) is 52.8 Å². The van der Waals surface area contributed by atoms with E-state index in [1.165, 1.54) is 18.2 Å². The minimum absolute atomic E-state index is 0.165. The van der Waals surface area contributed by atoms with Gasteiger partial charge < -0.3 is 9.88 Å². The molecular weight excluding hydrogens is 265 g/mol. The molecule has 3 rings (SSSR count). The molecule has 0 spiro atoms. The normalized spacial score (nSPS) is 18.9. The Hall–Kier alpha value is -1.39. The largest absolute Gasteiger partial charge is 0.329 e. The molecule has 0 bridgehead atoms. The van der Waals surface area contributed by atoms with Gasteiger partial charge in [0.2, 0.25) is 0 Å². The van der Waals surface area contributed by atoms with E-state index < -0.39 is 0 Å². The molecule has 0 radical (unpaired) electrons. The summed E-state index contributed by atoms with van der Waals surface area (Å²) in [6.45, 7) is 1.71. The van der Waals surface area contributed by atoms with E-state index in [1.807, 2.05) is 12.5 Å². The van der Waals surface area contributed by atoms with Gasteiger partial charge in [-0.15, -0.1) is 0 Å². The molecule has 2 aromatic rings. The van der Waals surface area contributed by atoms with Gasteiger partial charge in [0.25, 0.3) is 0 Å². The van der Waals surface area contributed by atoms with Crippen LogP contribution in [0.5, 0.6) is 0 Å². The van der Waals surface area contributed by atoms with Crippen LogP contribution in [0.15, 0.2) is 30.7 Å². The lowest BCUT2D eigenvalue weighted by molar-refractivity contribution is 0.583. The lowest BCUT2D eigenvalue weighted by atomic mass is 10.1. The molecule has 0 aliphatic carbocycles. The van der Waals surface area contributed by atoms with Gasteiger partial charge in [0, 0.05) is 18.8 Å². The first kappa shape index (κ1) is 12.6. The molecule has 19 heavy (non-hydrogen) atoms. The third-order valence-electron chi connectivity index (χ3n) is 3.50. The summed E-state index contributed by atoms with van der Waals surface area (Å²) in [6.07, 6.45) is 6.04. The van der Waals surface area contributed by atoms with Gasteiger partial charge in [-0.1, -0.05) is 17.7 Å². The van der Waals surface area contributed by atoms with Crippen LogP contribution in [0.2, 0.25) is 5.02 Å². The van der Waals surface area contributed by atoms with Crippen molar-refractivity contribution in [1.82, 2.24) is 14.9 Å². The van der Waals surface area contributed by atoms with E-state index in [0.29, 0.717) is 12.6 Å². The Morgan fingerprint density at radius 1 is 1.47 bits per heavy atom. The summed E-state index contributed by atoms with van der Waals surface area (Å²) in [5.41, 5.74) is 2.15. The maximum Gasteiger partial charge on any atom is 0.141 e. The van der Waals surface area contributed by atoms with Gasteiger partial charge in [-0.25, -0.2) is 9.37 Å². The van der Waals surface area contributed by atoms with Crippen molar-refractivity contribution in [3.8, 4) is 0 Å². The predicted molar refractivity (Wildman–Crippen MR) is 72.7 cm³/mol. The third-order valence-corrected chi connectivity index (χ3v) is 3.79. The number of nitrogens with zero attached hydrogens (tertiary/aromatic N) is 2. The Kier molecular flexibility index (Phi) is 3.53. The maximum absolute atomic E-state index is 13.1. The standard InChI is InChI=1S/C14H15ClFN3/c15-11-6-10(3-4-12(11)16)8-19-9-17-7-14(19)13-2-1-5-18-13/h3-4,6-7,9,13,18H,1-2,5,8H2. The molecule has 1 fully saturated rings. The highest BCUT2D eigenvalue weighted by molar-refractivity contribution is 6.30. The van der Waals surface area contributed by atoms with Crippen LogP contribution in [-0.2, 0) is 6.54 Å². The van der Waals surface area contributed by atoms with E-state index in [4.69, 9.17) is 11.6 Å². The molecule has 2 heterocycles. The van der Waals surface area contributed by atoms with Crippen molar-refractivity contribution in [2.75, 3.05) is 6.54 Å². The Bertz CT molecular complexity index is 576. The average Bonchev–Trinajstić information content (AvgIpc) is 3.04. The van der Waals surface area contributed by atoms with Crippen LogP contribution in [0.4, 0.5) is 4.39 Å². The van der Waals surface area contributed by atoms with Gasteiger partial charge in [0.15, 0.2) is 0 Å². The smallest absolute Gasteiger partial charge is 0.141 e. The van der Waals surface area contributed by atoms with Gasteiger partial charge in [-0.3, -0.25) is 0 Å². The van der Waals surface area contributed by atoms with Crippen LogP contribution in [0.25, 0.3) is 0 Å². The number of hydrogen-bond acceptors (Lipinski definition) is 2. The molecule has 1 unspecified atom stereocenters. The summed E-state index contributed by atoms with van der Waals surface area (Å²) >= 11 is 5.81. The van der Waals surface area contributed by atoms with Gasteiger partial charge >= 0.3 is 0 Å². The van der Waals surface area contributed by atoms with Crippen LogP contribution in [0, 0.1) is 5.82 Å². The number of halogens is 2. The summed E-state index contributed by atoms with van der Waals surface area (Å²) < 4.78 is 15.2. The fraction of sp³-hybridized carbons (Fsp3) is 0.357. The van der Waals surface area contributed by atoms with Gasteiger partial charge in [0.05, 0.1) is 17.0 Å². The van der Waals surface area contributed by atoms with E-state index in [0.717, 1.165) is 18.5 Å². The number of hydrogen-bond donors (Lipinski definition) is 1. The average molecular weight is 280 g/mol. The molecule has 1 aromatic carbocycles. The Morgan fingerprint density at radius 3 is 3.11 bits per heavy atom. The second-order valence-electron chi connectivity index (χ2n) is 4.84. The minimum Gasteiger partial charge on any atom is -0.329 e. The predicted octanol–water partition coefficient (Wildman–Crippen LogP) is 3.15. The zero-order valence-electron chi connectivity index (χ0n) is 10.4. The number of rotatable bonds is 3. The van der Waals surface area contributed by atoms with E-state index in [1.54, 1.807) is 12.1 Å². The number of nitrogens with one attached hydrogen (secondary N) is 1. The van der Waals surface area contributed by atoms with Crippen LogP contribution in [-0.4, -0.2) is 16.1 Å². The monoisotopic (exact) mass is 279 g/mol. The summed E-state index contributed by atoms with van der Waals surface area (Å²) in [7, 11) is 0. The molecule has 100 valence electrons. The lowest BCUT2D eigenvalue weighted by Gasteiger charge is -2.14. The van der Waals surface area contributed by atoms with E-state index in [9.17, 15) is 4.39 Å². The second-order valence-corrected chi connectivity index (χ2v) is 5.25. The van der Waals surface area contributed by atoms with Gasteiger partial charge in [0.1, 0.15) is 5.82 Å². The van der Waals surface area contributed by atoms with Gasteiger partial charge in [-0.05, 0) is 37.1 Å². The fourth-order valence-electron chi connectivity index (χ4n) is 2.52. The second kappa shape index (κ2) is 5.31. The SMILES string of the molecule is Fc1ccc(Cn2cncc2C2CCCN2)cc1Cl. The lowest BCUT2D eigenvalue weighted by Crippen LogP contribution is -2.17. The molecule has 1 saturated heterocycles. The first-order valence-corrected chi connectivity index (χ1v) is 6.79. The van der Waals surface area contributed by atoms with Gasteiger partial charge in [-0.2, -0.15) is 0 Å². The number of benzene rings is 1. The van der Waals surface area contributed by atoms with Crippen molar-refractivity contribution in [2.24, 2.45) is 0 Å². The highest BCUT2D eigenvalue weighted by atomic mass is 35.5. The minimum atomic E-state index is -0.381. The fourth-order valence-corrected chi connectivity index (χ4v) is 2.73. The van der Waals surface area contributed by atoms with Crippen LogP contribution in [0.3, 0.4) is 0 Å². The Morgan fingerprint density at radius 2 is 2.37 bits per heavy atom. The van der Waals surface area contributed by atoms with Crippen LogP contribution in [0.1, 0.15) is 30.1 Å². The Balaban J connectivity index is 1.83. The summed E-state index contributed by atoms with van der Waals surface area (Å²) in [5, 5.41) is 3.62. The topological polar surface area (TPSA) is 29.9 Å². The first-order chi connectivity index (χ1) is 9.24. The van der Waals surface area contributed by atoms with Crippen molar-refractivity contribution in [1.29, 1.82) is 0 Å². The van der Waals surface area contributed by atoms with E-state index in [2.05, 4.69) is 14.9 Å². The molecule has 1 N–H and O–H groups in total. The third kappa shape index (κ3) is 2.65. The molecule has 1 atom stereocenters. The number of imidazole rings is 1. The van der Waals surface area contributed by atoms with Crippen molar-refractivity contribution < 1.29 is 4.39 Å². The molecule has 1 aromatic heterocycles. The van der Waals surface area contributed by atoms with Crippen molar-refractivity contribution in [2.45, 2.75) is 25.4 Å². The van der Waals surface area contributed by atoms with Crippen molar-refractivity contribution in [3.63, 3.8) is 0 Å². The number of aromatic nitrogens is 2. The van der Waals surface area contributed by atoms with E-state index in [-0.39, 0.29) is 10.8 Å². The quantitative estimate of drug-likeness (QED) is 0.935. The maximum atomic E-state index is 13.1. The van der Waals surface area contributed by atoms with Crippen LogP contribution < -0.4 is 5.32 Å². The summed E-state index contributed by atoms with van der Waals surface area (Å²) in [6, 6.07) is 5.20. The van der Waals surface area contributed by atoms with Crippen molar-refractivity contribution >= 4 is 11.6 Å². The molecule has 5 heteroatoms. The highest BCUT2D eigenvalue weighted by Crippen LogP contribution is 2.24. The molecule has 1 aliphatic rings.